The highest BCUT2D eigenvalue weighted by molar-refractivity contribution is 7.89. The van der Waals surface area contributed by atoms with Gasteiger partial charge in [0.2, 0.25) is 0 Å². The molecule has 0 aromatic carbocycles. The van der Waals surface area contributed by atoms with Gasteiger partial charge >= 0.3 is 0 Å². The highest BCUT2D eigenvalue weighted by Gasteiger charge is 2.25. The molecule has 0 radical (unpaired) electrons. The Morgan fingerprint density at radius 2 is 2.29 bits per heavy atom. The Kier molecular flexibility index (Phi) is 5.51. The Morgan fingerprint density at radius 1 is 1.48 bits per heavy atom. The third-order valence-corrected chi connectivity index (χ3v) is 5.97. The third kappa shape index (κ3) is 3.91. The van der Waals surface area contributed by atoms with Gasteiger partial charge in [-0.15, -0.1) is 11.3 Å². The van der Waals surface area contributed by atoms with Gasteiger partial charge in [-0.1, -0.05) is 13.0 Å². The average Bonchev–Trinajstić information content (AvgIpc) is 3.13. The highest BCUT2D eigenvalue weighted by Crippen LogP contribution is 2.17. The predicted octanol–water partition coefficient (Wildman–Crippen LogP) is 1.44. The summed E-state index contributed by atoms with van der Waals surface area (Å²) in [6.45, 7) is 3.68. The first-order chi connectivity index (χ1) is 10.1. The SMILES string of the molecule is CCNCc1cn[nH]c1S(=O)(=O)N(C)CCc1cccs1. The van der Waals surface area contributed by atoms with E-state index in [0.717, 1.165) is 6.54 Å². The van der Waals surface area contributed by atoms with Crippen LogP contribution in [-0.2, 0) is 23.0 Å². The number of hydrogen-bond acceptors (Lipinski definition) is 5. The Labute approximate surface area is 129 Å². The van der Waals surface area contributed by atoms with Crippen molar-refractivity contribution in [1.82, 2.24) is 19.8 Å². The summed E-state index contributed by atoms with van der Waals surface area (Å²) in [7, 11) is -1.93. The predicted molar refractivity (Wildman–Crippen MR) is 83.8 cm³/mol. The van der Waals surface area contributed by atoms with Crippen LogP contribution >= 0.6 is 11.3 Å². The van der Waals surface area contributed by atoms with Crippen LogP contribution in [0.1, 0.15) is 17.4 Å². The first-order valence-electron chi connectivity index (χ1n) is 6.77. The van der Waals surface area contributed by atoms with Crippen molar-refractivity contribution in [2.24, 2.45) is 0 Å². The van der Waals surface area contributed by atoms with Gasteiger partial charge in [0, 0.05) is 30.6 Å². The zero-order chi connectivity index (χ0) is 15.3. The lowest BCUT2D eigenvalue weighted by molar-refractivity contribution is 0.469. The van der Waals surface area contributed by atoms with E-state index >= 15 is 0 Å². The van der Waals surface area contributed by atoms with E-state index in [1.807, 2.05) is 24.4 Å². The van der Waals surface area contributed by atoms with Gasteiger partial charge in [-0.2, -0.15) is 9.40 Å². The van der Waals surface area contributed by atoms with Gasteiger partial charge in [-0.3, -0.25) is 5.10 Å². The number of aromatic nitrogens is 2. The van der Waals surface area contributed by atoms with Crippen molar-refractivity contribution >= 4 is 21.4 Å². The maximum absolute atomic E-state index is 12.6. The zero-order valence-electron chi connectivity index (χ0n) is 12.2. The number of hydrogen-bond donors (Lipinski definition) is 2. The summed E-state index contributed by atoms with van der Waals surface area (Å²) >= 11 is 1.64. The minimum absolute atomic E-state index is 0.178. The molecule has 2 aromatic rings. The molecule has 0 atom stereocenters. The third-order valence-electron chi connectivity index (χ3n) is 3.17. The number of thiophene rings is 1. The number of sulfonamides is 1. The van der Waals surface area contributed by atoms with Crippen molar-refractivity contribution in [3.8, 4) is 0 Å². The molecule has 2 heterocycles. The van der Waals surface area contributed by atoms with Crippen LogP contribution in [-0.4, -0.2) is 43.1 Å². The molecule has 2 aromatic heterocycles. The Hall–Kier alpha value is -1.22. The van der Waals surface area contributed by atoms with Crippen LogP contribution in [0, 0.1) is 0 Å². The largest absolute Gasteiger partial charge is 0.313 e. The van der Waals surface area contributed by atoms with Gasteiger partial charge in [-0.25, -0.2) is 8.42 Å². The van der Waals surface area contributed by atoms with Crippen molar-refractivity contribution < 1.29 is 8.42 Å². The molecule has 0 aliphatic heterocycles. The molecular formula is C13H20N4O2S2. The van der Waals surface area contributed by atoms with Gasteiger partial charge < -0.3 is 5.32 Å². The molecule has 0 saturated carbocycles. The van der Waals surface area contributed by atoms with Crippen molar-refractivity contribution in [2.75, 3.05) is 20.1 Å². The molecule has 6 nitrogen and oxygen atoms in total. The van der Waals surface area contributed by atoms with Crippen molar-refractivity contribution in [3.63, 3.8) is 0 Å². The average molecular weight is 328 g/mol. The van der Waals surface area contributed by atoms with Gasteiger partial charge in [0.15, 0.2) is 5.03 Å². The summed E-state index contributed by atoms with van der Waals surface area (Å²) in [5.41, 5.74) is 0.667. The van der Waals surface area contributed by atoms with Gasteiger partial charge in [0.05, 0.1) is 6.20 Å². The molecule has 0 fully saturated rings. The fourth-order valence-corrected chi connectivity index (χ4v) is 3.87. The zero-order valence-corrected chi connectivity index (χ0v) is 13.8. The molecule has 0 bridgehead atoms. The molecule has 0 unspecified atom stereocenters. The van der Waals surface area contributed by atoms with E-state index in [-0.39, 0.29) is 5.03 Å². The van der Waals surface area contributed by atoms with Crippen LogP contribution in [0.5, 0.6) is 0 Å². The second-order valence-electron chi connectivity index (χ2n) is 4.66. The van der Waals surface area contributed by atoms with Gasteiger partial charge in [0.1, 0.15) is 0 Å². The van der Waals surface area contributed by atoms with E-state index in [1.54, 1.807) is 24.6 Å². The molecule has 116 valence electrons. The molecule has 0 aliphatic carbocycles. The van der Waals surface area contributed by atoms with E-state index in [1.165, 1.54) is 9.18 Å². The van der Waals surface area contributed by atoms with Crippen LogP contribution in [0.25, 0.3) is 0 Å². The number of nitrogens with one attached hydrogen (secondary N) is 2. The molecule has 0 spiro atoms. The maximum atomic E-state index is 12.6. The second kappa shape index (κ2) is 7.17. The first-order valence-corrected chi connectivity index (χ1v) is 9.09. The standard InChI is InChI=1S/C13H20N4O2S2/c1-3-14-9-11-10-15-16-13(11)21(18,19)17(2)7-6-12-5-4-8-20-12/h4-5,8,10,14H,3,6-7,9H2,1-2H3,(H,15,16). The normalized spacial score (nSPS) is 12.1. The number of nitrogens with zero attached hydrogens (tertiary/aromatic N) is 2. The molecule has 0 amide bonds. The van der Waals surface area contributed by atoms with E-state index in [2.05, 4.69) is 15.5 Å². The molecule has 2 N–H and O–H groups in total. The number of likely N-dealkylation sites (N-methyl/N-ethyl adjacent to an activating group) is 1. The fourth-order valence-electron chi connectivity index (χ4n) is 1.91. The fraction of sp³-hybridized carbons (Fsp3) is 0.462. The lowest BCUT2D eigenvalue weighted by Gasteiger charge is -2.16. The first kappa shape index (κ1) is 16.2. The molecule has 0 saturated heterocycles. The van der Waals surface area contributed by atoms with E-state index in [4.69, 9.17) is 0 Å². The summed E-state index contributed by atoms with van der Waals surface area (Å²) < 4.78 is 26.5. The van der Waals surface area contributed by atoms with Crippen LogP contribution in [0.15, 0.2) is 28.7 Å². The van der Waals surface area contributed by atoms with Crippen LogP contribution in [0.3, 0.4) is 0 Å². The Bertz CT molecular complexity index is 650. The highest BCUT2D eigenvalue weighted by atomic mass is 32.2. The van der Waals surface area contributed by atoms with Crippen LogP contribution < -0.4 is 5.32 Å². The summed E-state index contributed by atoms with van der Waals surface area (Å²) in [6, 6.07) is 3.98. The topological polar surface area (TPSA) is 78.1 Å². The molecule has 0 aliphatic rings. The quantitative estimate of drug-likeness (QED) is 0.769. The monoisotopic (exact) mass is 328 g/mol. The van der Waals surface area contributed by atoms with E-state index in [0.29, 0.717) is 25.1 Å². The number of aromatic amines is 1. The summed E-state index contributed by atoms with van der Waals surface area (Å²) in [5, 5.41) is 11.8. The number of H-pyrrole nitrogens is 1. The molecule has 21 heavy (non-hydrogen) atoms. The Morgan fingerprint density at radius 3 is 2.95 bits per heavy atom. The minimum atomic E-state index is -3.53. The maximum Gasteiger partial charge on any atom is 0.260 e. The lowest BCUT2D eigenvalue weighted by Crippen LogP contribution is -2.30. The minimum Gasteiger partial charge on any atom is -0.313 e. The number of rotatable bonds is 8. The summed E-state index contributed by atoms with van der Waals surface area (Å²) in [4.78, 5) is 1.18. The van der Waals surface area contributed by atoms with Gasteiger partial charge in [-0.05, 0) is 24.4 Å². The smallest absolute Gasteiger partial charge is 0.260 e. The van der Waals surface area contributed by atoms with Crippen molar-refractivity contribution in [2.45, 2.75) is 24.9 Å². The van der Waals surface area contributed by atoms with Gasteiger partial charge in [0.25, 0.3) is 10.0 Å². The summed E-state index contributed by atoms with van der Waals surface area (Å²) in [6.07, 6.45) is 2.27. The van der Waals surface area contributed by atoms with E-state index < -0.39 is 10.0 Å². The molecule has 8 heteroatoms. The lowest BCUT2D eigenvalue weighted by atomic mass is 10.3. The Balaban J connectivity index is 2.07. The summed E-state index contributed by atoms with van der Waals surface area (Å²) in [5.74, 6) is 0. The van der Waals surface area contributed by atoms with Crippen molar-refractivity contribution in [1.29, 1.82) is 0 Å². The van der Waals surface area contributed by atoms with Crippen LogP contribution in [0.2, 0.25) is 0 Å². The van der Waals surface area contributed by atoms with Crippen molar-refractivity contribution in [3.05, 3.63) is 34.2 Å². The molecule has 2 rings (SSSR count). The molecular weight excluding hydrogens is 308 g/mol. The van der Waals surface area contributed by atoms with E-state index in [9.17, 15) is 8.42 Å². The van der Waals surface area contributed by atoms with Crippen LogP contribution in [0.4, 0.5) is 0 Å². The second-order valence-corrected chi connectivity index (χ2v) is 7.67.